The van der Waals surface area contributed by atoms with Crippen molar-refractivity contribution in [1.29, 1.82) is 0 Å². The van der Waals surface area contributed by atoms with E-state index in [0.717, 1.165) is 6.07 Å². The second kappa shape index (κ2) is 8.12. The van der Waals surface area contributed by atoms with Gasteiger partial charge in [0.2, 0.25) is 5.76 Å². The zero-order valence-electron chi connectivity index (χ0n) is 18.0. The molecule has 4 aromatic rings. The Labute approximate surface area is 187 Å². The molecule has 168 valence electrons. The fourth-order valence-electron chi connectivity index (χ4n) is 4.20. The van der Waals surface area contributed by atoms with Gasteiger partial charge in [-0.3, -0.25) is 9.59 Å². The van der Waals surface area contributed by atoms with Gasteiger partial charge in [0.1, 0.15) is 17.2 Å². The van der Waals surface area contributed by atoms with Crippen LogP contribution in [0, 0.1) is 5.82 Å². The Bertz CT molecular complexity index is 1410. The molecule has 2 aromatic carbocycles. The third kappa shape index (κ3) is 3.44. The van der Waals surface area contributed by atoms with Crippen LogP contribution in [-0.2, 0) is 6.54 Å². The number of ether oxygens (including phenoxy) is 2. The molecule has 0 saturated carbocycles. The van der Waals surface area contributed by atoms with Gasteiger partial charge in [0.15, 0.2) is 16.9 Å². The second-order valence-corrected chi connectivity index (χ2v) is 7.57. The zero-order chi connectivity index (χ0) is 23.1. The van der Waals surface area contributed by atoms with Crippen LogP contribution in [-0.4, -0.2) is 24.5 Å². The van der Waals surface area contributed by atoms with Crippen molar-refractivity contribution < 1.29 is 27.5 Å². The maximum absolute atomic E-state index is 13.9. The lowest BCUT2D eigenvalue weighted by Crippen LogP contribution is -2.29. The number of hydrogen-bond donors (Lipinski definition) is 0. The fourth-order valence-corrected chi connectivity index (χ4v) is 4.20. The Morgan fingerprint density at radius 1 is 1.09 bits per heavy atom. The van der Waals surface area contributed by atoms with Crippen LogP contribution >= 0.6 is 0 Å². The van der Waals surface area contributed by atoms with Crippen molar-refractivity contribution in [1.82, 2.24) is 4.90 Å². The number of amides is 1. The third-order valence-electron chi connectivity index (χ3n) is 5.64. The minimum absolute atomic E-state index is 0.0662. The first-order chi connectivity index (χ1) is 16.0. The number of fused-ring (bicyclic) bond motifs is 2. The highest BCUT2D eigenvalue weighted by Gasteiger charge is 2.43. The Balaban J connectivity index is 1.73. The first-order valence-corrected chi connectivity index (χ1v) is 10.4. The average molecular weight is 449 g/mol. The van der Waals surface area contributed by atoms with Crippen LogP contribution in [0.1, 0.15) is 40.4 Å². The molecule has 7 nitrogen and oxygen atoms in total. The Kier molecular flexibility index (Phi) is 5.12. The Morgan fingerprint density at radius 3 is 2.67 bits per heavy atom. The number of rotatable bonds is 6. The molecule has 33 heavy (non-hydrogen) atoms. The molecule has 0 spiro atoms. The van der Waals surface area contributed by atoms with E-state index in [2.05, 4.69) is 0 Å². The van der Waals surface area contributed by atoms with Gasteiger partial charge in [-0.05, 0) is 55.0 Å². The monoisotopic (exact) mass is 449 g/mol. The summed E-state index contributed by atoms with van der Waals surface area (Å²) in [5.74, 6) is 0.460. The minimum atomic E-state index is -0.786. The Hall–Kier alpha value is -4.07. The molecule has 2 aromatic heterocycles. The summed E-state index contributed by atoms with van der Waals surface area (Å²) >= 11 is 0. The summed E-state index contributed by atoms with van der Waals surface area (Å²) in [4.78, 5) is 28.4. The molecular formula is C25H20FNO6. The van der Waals surface area contributed by atoms with Crippen LogP contribution < -0.4 is 14.9 Å². The molecule has 5 rings (SSSR count). The van der Waals surface area contributed by atoms with Crippen molar-refractivity contribution in [2.45, 2.75) is 19.5 Å². The van der Waals surface area contributed by atoms with Crippen molar-refractivity contribution in [3.05, 3.63) is 93.5 Å². The highest BCUT2D eigenvalue weighted by Crippen LogP contribution is 2.41. The summed E-state index contributed by atoms with van der Waals surface area (Å²) in [5.41, 5.74) is 0.461. The van der Waals surface area contributed by atoms with Gasteiger partial charge < -0.3 is 23.2 Å². The van der Waals surface area contributed by atoms with Crippen LogP contribution in [0.25, 0.3) is 11.0 Å². The second-order valence-electron chi connectivity index (χ2n) is 7.57. The summed E-state index contributed by atoms with van der Waals surface area (Å²) in [6, 6.07) is 11.6. The smallest absolute Gasteiger partial charge is 0.291 e. The van der Waals surface area contributed by atoms with E-state index in [1.165, 1.54) is 30.4 Å². The fraction of sp³-hybridized carbons (Fsp3) is 0.200. The number of methoxy groups -OCH3 is 1. The van der Waals surface area contributed by atoms with Crippen LogP contribution in [0.2, 0.25) is 0 Å². The number of carbonyl (C=O) groups is 1. The molecule has 8 heteroatoms. The van der Waals surface area contributed by atoms with Gasteiger partial charge in [-0.25, -0.2) is 4.39 Å². The van der Waals surface area contributed by atoms with Gasteiger partial charge in [0, 0.05) is 0 Å². The predicted octanol–water partition coefficient (Wildman–Crippen LogP) is 4.68. The highest BCUT2D eigenvalue weighted by molar-refractivity contribution is 5.99. The van der Waals surface area contributed by atoms with Crippen molar-refractivity contribution >= 4 is 16.9 Å². The van der Waals surface area contributed by atoms with Gasteiger partial charge in [0.05, 0.1) is 43.5 Å². The third-order valence-corrected chi connectivity index (χ3v) is 5.64. The van der Waals surface area contributed by atoms with Crippen molar-refractivity contribution in [3.8, 4) is 11.5 Å². The number of carbonyl (C=O) groups excluding carboxylic acids is 1. The summed E-state index contributed by atoms with van der Waals surface area (Å²) in [5, 5.41) is 0.0734. The number of nitrogens with zero attached hydrogens (tertiary/aromatic N) is 1. The summed E-state index contributed by atoms with van der Waals surface area (Å²) in [6.45, 7) is 2.42. The van der Waals surface area contributed by atoms with Gasteiger partial charge in [0.25, 0.3) is 5.91 Å². The zero-order valence-corrected chi connectivity index (χ0v) is 18.0. The lowest BCUT2D eigenvalue weighted by atomic mass is 9.98. The lowest BCUT2D eigenvalue weighted by molar-refractivity contribution is 0.0701. The van der Waals surface area contributed by atoms with E-state index in [1.54, 1.807) is 30.3 Å². The predicted molar refractivity (Wildman–Crippen MR) is 117 cm³/mol. The molecule has 0 radical (unpaired) electrons. The summed E-state index contributed by atoms with van der Waals surface area (Å²) in [6.07, 6.45) is 1.51. The van der Waals surface area contributed by atoms with Gasteiger partial charge in [-0.15, -0.1) is 0 Å². The van der Waals surface area contributed by atoms with Crippen LogP contribution in [0.3, 0.4) is 0 Å². The molecule has 1 aliphatic heterocycles. The topological polar surface area (TPSA) is 82.1 Å². The largest absolute Gasteiger partial charge is 0.493 e. The molecule has 0 saturated heterocycles. The minimum Gasteiger partial charge on any atom is -0.493 e. The molecule has 0 aliphatic carbocycles. The van der Waals surface area contributed by atoms with E-state index in [4.69, 9.17) is 18.3 Å². The lowest BCUT2D eigenvalue weighted by Gasteiger charge is -2.25. The van der Waals surface area contributed by atoms with E-state index in [0.29, 0.717) is 29.4 Å². The molecule has 0 N–H and O–H groups in total. The van der Waals surface area contributed by atoms with E-state index < -0.39 is 23.2 Å². The number of halogens is 1. The van der Waals surface area contributed by atoms with Crippen LogP contribution in [0.4, 0.5) is 4.39 Å². The van der Waals surface area contributed by atoms with Crippen LogP contribution in [0.5, 0.6) is 11.5 Å². The molecule has 0 fully saturated rings. The van der Waals surface area contributed by atoms with E-state index >= 15 is 0 Å². The van der Waals surface area contributed by atoms with E-state index in [-0.39, 0.29) is 28.8 Å². The Morgan fingerprint density at radius 2 is 1.94 bits per heavy atom. The first-order valence-electron chi connectivity index (χ1n) is 10.4. The molecular weight excluding hydrogens is 429 g/mol. The highest BCUT2D eigenvalue weighted by atomic mass is 19.1. The maximum Gasteiger partial charge on any atom is 0.291 e. The molecule has 3 heterocycles. The van der Waals surface area contributed by atoms with Crippen molar-refractivity contribution in [3.63, 3.8) is 0 Å². The maximum atomic E-state index is 13.9. The molecule has 0 unspecified atom stereocenters. The normalized spacial score (nSPS) is 15.2. The quantitative estimate of drug-likeness (QED) is 0.425. The first kappa shape index (κ1) is 20.8. The average Bonchev–Trinajstić information content (AvgIpc) is 3.42. The molecule has 1 amide bonds. The molecule has 1 aliphatic rings. The van der Waals surface area contributed by atoms with Gasteiger partial charge in [-0.2, -0.15) is 0 Å². The van der Waals surface area contributed by atoms with Crippen LogP contribution in [0.15, 0.2) is 68.4 Å². The van der Waals surface area contributed by atoms with Crippen molar-refractivity contribution in [2.75, 3.05) is 13.7 Å². The number of benzene rings is 2. The van der Waals surface area contributed by atoms with Gasteiger partial charge in [-0.1, -0.05) is 6.07 Å². The summed E-state index contributed by atoms with van der Waals surface area (Å²) in [7, 11) is 1.51. The van der Waals surface area contributed by atoms with Gasteiger partial charge >= 0.3 is 0 Å². The molecule has 1 atom stereocenters. The van der Waals surface area contributed by atoms with E-state index in [9.17, 15) is 14.0 Å². The standard InChI is InChI=1S/C25H20FNO6/c1-3-31-19-8-6-14(11-20(19)30-2)22-21-23(28)17-12-15(26)7-9-18(17)33-24(21)25(29)27(22)13-16-5-4-10-32-16/h4-12,22H,3,13H2,1-2H3/t22-/m1/s1. The SMILES string of the molecule is CCOc1ccc([C@@H]2c3c(oc4ccc(F)cc4c3=O)C(=O)N2Cc2ccco2)cc1OC. The van der Waals surface area contributed by atoms with Crippen molar-refractivity contribution in [2.24, 2.45) is 0 Å². The van der Waals surface area contributed by atoms with E-state index in [1.807, 2.05) is 6.92 Å². The summed E-state index contributed by atoms with van der Waals surface area (Å²) < 4.78 is 36.3. The number of hydrogen-bond acceptors (Lipinski definition) is 6. The molecule has 0 bridgehead atoms. The number of furan rings is 1.